The summed E-state index contributed by atoms with van der Waals surface area (Å²) < 4.78 is 0. The Morgan fingerprint density at radius 3 is 2.82 bits per heavy atom. The normalized spacial score (nSPS) is 21.3. The van der Waals surface area contributed by atoms with Gasteiger partial charge in [-0.15, -0.1) is 0 Å². The number of nitrogens with zero attached hydrogens (tertiary/aromatic N) is 1. The van der Waals surface area contributed by atoms with Crippen molar-refractivity contribution in [3.05, 3.63) is 34.9 Å². The molecule has 1 N–H and O–H groups in total. The highest BCUT2D eigenvalue weighted by Gasteiger charge is 2.23. The summed E-state index contributed by atoms with van der Waals surface area (Å²) in [6, 6.07) is 9.31. The molecule has 0 amide bonds. The summed E-state index contributed by atoms with van der Waals surface area (Å²) in [5.74, 6) is 0. The number of nitrogens with one attached hydrogen (secondary N) is 1. The van der Waals surface area contributed by atoms with Crippen LogP contribution in [0.2, 0.25) is 5.02 Å². The molecular formula is C14H21ClN2. The van der Waals surface area contributed by atoms with Crippen LogP contribution in [0.5, 0.6) is 0 Å². The maximum atomic E-state index is 6.14. The molecule has 1 heterocycles. The molecule has 1 fully saturated rings. The van der Waals surface area contributed by atoms with Gasteiger partial charge in [-0.05, 0) is 38.4 Å². The molecule has 1 saturated heterocycles. The second-order valence-electron chi connectivity index (χ2n) is 5.05. The lowest BCUT2D eigenvalue weighted by molar-refractivity contribution is 0.268. The molecule has 1 aliphatic heterocycles. The Labute approximate surface area is 109 Å². The lowest BCUT2D eigenvalue weighted by atomic mass is 10.2. The Balaban J connectivity index is 1.82. The lowest BCUT2D eigenvalue weighted by Gasteiger charge is -2.20. The third-order valence-corrected chi connectivity index (χ3v) is 3.86. The van der Waals surface area contributed by atoms with Crippen LogP contribution in [0, 0.1) is 0 Å². The van der Waals surface area contributed by atoms with Crippen molar-refractivity contribution in [1.29, 1.82) is 0 Å². The van der Waals surface area contributed by atoms with Gasteiger partial charge in [0, 0.05) is 30.2 Å². The summed E-state index contributed by atoms with van der Waals surface area (Å²) in [4.78, 5) is 2.52. The zero-order chi connectivity index (χ0) is 12.3. The maximum Gasteiger partial charge on any atom is 0.0450 e. The van der Waals surface area contributed by atoms with Gasteiger partial charge in [0.2, 0.25) is 0 Å². The molecule has 0 aromatic heterocycles. The van der Waals surface area contributed by atoms with E-state index in [0.717, 1.165) is 18.1 Å². The fraction of sp³-hybridized carbons (Fsp3) is 0.571. The summed E-state index contributed by atoms with van der Waals surface area (Å²) in [7, 11) is 0. The van der Waals surface area contributed by atoms with E-state index >= 15 is 0 Å². The SMILES string of the molecule is CC(C)N1CC[C@H](NCc2ccccc2Cl)C1. The lowest BCUT2D eigenvalue weighted by Crippen LogP contribution is -2.34. The first-order valence-corrected chi connectivity index (χ1v) is 6.75. The first-order chi connectivity index (χ1) is 8.16. The fourth-order valence-corrected chi connectivity index (χ4v) is 2.52. The van der Waals surface area contributed by atoms with Crippen LogP contribution in [0.1, 0.15) is 25.8 Å². The molecule has 0 bridgehead atoms. The van der Waals surface area contributed by atoms with E-state index in [0.29, 0.717) is 12.1 Å². The second-order valence-corrected chi connectivity index (χ2v) is 5.45. The largest absolute Gasteiger partial charge is 0.309 e. The van der Waals surface area contributed by atoms with Crippen LogP contribution >= 0.6 is 11.6 Å². The number of rotatable bonds is 4. The Morgan fingerprint density at radius 2 is 2.18 bits per heavy atom. The van der Waals surface area contributed by atoms with Crippen molar-refractivity contribution >= 4 is 11.6 Å². The highest BCUT2D eigenvalue weighted by atomic mass is 35.5. The van der Waals surface area contributed by atoms with E-state index in [1.807, 2.05) is 18.2 Å². The van der Waals surface area contributed by atoms with Crippen LogP contribution in [0.3, 0.4) is 0 Å². The summed E-state index contributed by atoms with van der Waals surface area (Å²) in [6.45, 7) is 7.75. The minimum Gasteiger partial charge on any atom is -0.309 e. The molecule has 17 heavy (non-hydrogen) atoms. The maximum absolute atomic E-state index is 6.14. The Hall–Kier alpha value is -0.570. The minimum absolute atomic E-state index is 0.605. The van der Waals surface area contributed by atoms with Crippen LogP contribution in [-0.4, -0.2) is 30.1 Å². The van der Waals surface area contributed by atoms with Gasteiger partial charge in [0.25, 0.3) is 0 Å². The summed E-state index contributed by atoms with van der Waals surface area (Å²) >= 11 is 6.14. The molecule has 3 heteroatoms. The molecule has 1 aromatic carbocycles. The van der Waals surface area contributed by atoms with Crippen LogP contribution in [0.4, 0.5) is 0 Å². The quantitative estimate of drug-likeness (QED) is 0.887. The average Bonchev–Trinajstić information content (AvgIpc) is 2.77. The van der Waals surface area contributed by atoms with Gasteiger partial charge in [-0.1, -0.05) is 29.8 Å². The predicted molar refractivity (Wildman–Crippen MR) is 73.4 cm³/mol. The molecule has 0 aliphatic carbocycles. The second kappa shape index (κ2) is 5.85. The highest BCUT2D eigenvalue weighted by Crippen LogP contribution is 2.16. The van der Waals surface area contributed by atoms with Crippen LogP contribution in [0.25, 0.3) is 0 Å². The van der Waals surface area contributed by atoms with Crippen molar-refractivity contribution in [3.8, 4) is 0 Å². The Bertz CT molecular complexity index is 365. The number of halogens is 1. The van der Waals surface area contributed by atoms with Crippen LogP contribution in [0.15, 0.2) is 24.3 Å². The number of benzene rings is 1. The molecule has 1 aromatic rings. The monoisotopic (exact) mass is 252 g/mol. The van der Waals surface area contributed by atoms with E-state index in [1.165, 1.54) is 18.5 Å². The molecule has 0 radical (unpaired) electrons. The van der Waals surface area contributed by atoms with Crippen molar-refractivity contribution < 1.29 is 0 Å². The van der Waals surface area contributed by atoms with Gasteiger partial charge in [0.05, 0.1) is 0 Å². The molecular weight excluding hydrogens is 232 g/mol. The van der Waals surface area contributed by atoms with Crippen molar-refractivity contribution in [2.75, 3.05) is 13.1 Å². The first kappa shape index (κ1) is 12.9. The molecule has 1 atom stereocenters. The highest BCUT2D eigenvalue weighted by molar-refractivity contribution is 6.31. The van der Waals surface area contributed by atoms with Gasteiger partial charge in [-0.2, -0.15) is 0 Å². The van der Waals surface area contributed by atoms with E-state index in [-0.39, 0.29) is 0 Å². The van der Waals surface area contributed by atoms with Gasteiger partial charge in [0.1, 0.15) is 0 Å². The van der Waals surface area contributed by atoms with Crippen molar-refractivity contribution in [2.24, 2.45) is 0 Å². The van der Waals surface area contributed by atoms with E-state index in [4.69, 9.17) is 11.6 Å². The topological polar surface area (TPSA) is 15.3 Å². The first-order valence-electron chi connectivity index (χ1n) is 6.37. The number of likely N-dealkylation sites (tertiary alicyclic amines) is 1. The molecule has 2 nitrogen and oxygen atoms in total. The van der Waals surface area contributed by atoms with Crippen molar-refractivity contribution in [3.63, 3.8) is 0 Å². The molecule has 0 saturated carbocycles. The number of hydrogen-bond acceptors (Lipinski definition) is 2. The van der Waals surface area contributed by atoms with Gasteiger partial charge in [-0.25, -0.2) is 0 Å². The smallest absolute Gasteiger partial charge is 0.0450 e. The van der Waals surface area contributed by atoms with Crippen molar-refractivity contribution in [1.82, 2.24) is 10.2 Å². The fourth-order valence-electron chi connectivity index (χ4n) is 2.32. The average molecular weight is 253 g/mol. The molecule has 2 rings (SSSR count). The Morgan fingerprint density at radius 1 is 1.41 bits per heavy atom. The summed E-state index contributed by atoms with van der Waals surface area (Å²) in [5, 5.41) is 4.46. The van der Waals surface area contributed by atoms with E-state index in [2.05, 4.69) is 30.1 Å². The van der Waals surface area contributed by atoms with Crippen LogP contribution in [-0.2, 0) is 6.54 Å². The third kappa shape index (κ3) is 3.44. The third-order valence-electron chi connectivity index (χ3n) is 3.49. The van der Waals surface area contributed by atoms with Gasteiger partial charge < -0.3 is 5.32 Å². The van der Waals surface area contributed by atoms with Gasteiger partial charge in [0.15, 0.2) is 0 Å². The Kier molecular flexibility index (Phi) is 4.43. The van der Waals surface area contributed by atoms with E-state index in [1.54, 1.807) is 0 Å². The van der Waals surface area contributed by atoms with Crippen molar-refractivity contribution in [2.45, 2.75) is 38.9 Å². The zero-order valence-electron chi connectivity index (χ0n) is 10.6. The molecule has 0 unspecified atom stereocenters. The summed E-state index contributed by atoms with van der Waals surface area (Å²) in [6.07, 6.45) is 1.24. The van der Waals surface area contributed by atoms with E-state index in [9.17, 15) is 0 Å². The van der Waals surface area contributed by atoms with Crippen LogP contribution < -0.4 is 5.32 Å². The van der Waals surface area contributed by atoms with Gasteiger partial charge >= 0.3 is 0 Å². The van der Waals surface area contributed by atoms with Gasteiger partial charge in [-0.3, -0.25) is 4.90 Å². The standard InChI is InChI=1S/C14H21ClN2/c1-11(2)17-8-7-13(10-17)16-9-12-5-3-4-6-14(12)15/h3-6,11,13,16H,7-10H2,1-2H3/t13-/m0/s1. The predicted octanol–water partition coefficient (Wildman–Crippen LogP) is 2.91. The number of hydrogen-bond donors (Lipinski definition) is 1. The molecule has 94 valence electrons. The minimum atomic E-state index is 0.605. The molecule has 0 spiro atoms. The summed E-state index contributed by atoms with van der Waals surface area (Å²) in [5.41, 5.74) is 1.19. The zero-order valence-corrected chi connectivity index (χ0v) is 11.4. The molecule has 1 aliphatic rings. The van der Waals surface area contributed by atoms with E-state index < -0.39 is 0 Å².